The smallest absolute Gasteiger partial charge is 0.104 e. The molecule has 1 N–H and O–H groups in total. The summed E-state index contributed by atoms with van der Waals surface area (Å²) < 4.78 is 6.01. The first-order valence-corrected chi connectivity index (χ1v) is 5.74. The molecule has 0 fully saturated rings. The molecule has 0 aliphatic rings. The van der Waals surface area contributed by atoms with Gasteiger partial charge in [0.2, 0.25) is 0 Å². The van der Waals surface area contributed by atoms with Crippen molar-refractivity contribution in [3.63, 3.8) is 0 Å². The zero-order valence-corrected chi connectivity index (χ0v) is 10.6. The second-order valence-corrected chi connectivity index (χ2v) is 4.53. The first-order chi connectivity index (χ1) is 6.65. The highest BCUT2D eigenvalue weighted by Crippen LogP contribution is 2.25. The maximum Gasteiger partial charge on any atom is 0.104 e. The molecule has 1 unspecified atom stereocenters. The number of aliphatic hydroxyl groups excluding tert-OH is 1. The van der Waals surface area contributed by atoms with Gasteiger partial charge in [-0.25, -0.2) is 0 Å². The summed E-state index contributed by atoms with van der Waals surface area (Å²) >= 11 is 2.17. The van der Waals surface area contributed by atoms with Gasteiger partial charge in [-0.2, -0.15) is 0 Å². The van der Waals surface area contributed by atoms with Gasteiger partial charge in [-0.1, -0.05) is 11.6 Å². The van der Waals surface area contributed by atoms with Crippen LogP contribution in [0.1, 0.15) is 38.4 Å². The zero-order chi connectivity index (χ0) is 10.6. The van der Waals surface area contributed by atoms with Gasteiger partial charge in [0.05, 0.1) is 15.9 Å². The van der Waals surface area contributed by atoms with Crippen LogP contribution in [0.15, 0.2) is 28.6 Å². The summed E-state index contributed by atoms with van der Waals surface area (Å²) in [5.41, 5.74) is 2.21. The number of halogens is 1. The number of allylic oxidation sites excluding steroid dienone is 2. The summed E-state index contributed by atoms with van der Waals surface area (Å²) in [4.78, 5) is 0. The molecular formula is C11H15IO2. The Morgan fingerprint density at radius 3 is 2.86 bits per heavy atom. The van der Waals surface area contributed by atoms with Crippen molar-refractivity contribution in [1.82, 2.24) is 0 Å². The Labute approximate surface area is 98.1 Å². The van der Waals surface area contributed by atoms with E-state index in [9.17, 15) is 5.11 Å². The van der Waals surface area contributed by atoms with Crippen LogP contribution in [-0.2, 0) is 0 Å². The standard InChI is InChI=1S/C11H15IO2/c1-3-8(2)4-5-11(13)9-6-14-7-10(9)12/h3,6-7,11,13H,4-5H2,1-2H3/b8-3+. The molecule has 78 valence electrons. The van der Waals surface area contributed by atoms with Crippen LogP contribution in [0.25, 0.3) is 0 Å². The SMILES string of the molecule is C/C=C(\C)CCC(O)c1cocc1I. The molecule has 0 saturated heterocycles. The molecule has 0 bridgehead atoms. The van der Waals surface area contributed by atoms with E-state index in [0.29, 0.717) is 0 Å². The second kappa shape index (κ2) is 5.56. The molecule has 1 heterocycles. The molecule has 0 amide bonds. The maximum atomic E-state index is 9.84. The molecule has 14 heavy (non-hydrogen) atoms. The van der Waals surface area contributed by atoms with Crippen LogP contribution in [0.2, 0.25) is 0 Å². The lowest BCUT2D eigenvalue weighted by atomic mass is 10.0. The van der Waals surface area contributed by atoms with Crippen molar-refractivity contribution in [3.8, 4) is 0 Å². The van der Waals surface area contributed by atoms with Crippen molar-refractivity contribution in [1.29, 1.82) is 0 Å². The first kappa shape index (κ1) is 11.8. The minimum Gasteiger partial charge on any atom is -0.471 e. The Balaban J connectivity index is 2.51. The number of hydrogen-bond acceptors (Lipinski definition) is 2. The molecule has 1 aromatic heterocycles. The van der Waals surface area contributed by atoms with Gasteiger partial charge in [0.15, 0.2) is 0 Å². The Bertz CT molecular complexity index is 315. The Kier molecular flexibility index (Phi) is 4.68. The van der Waals surface area contributed by atoms with Gasteiger partial charge in [0, 0.05) is 5.56 Å². The summed E-state index contributed by atoms with van der Waals surface area (Å²) in [5, 5.41) is 9.84. The van der Waals surface area contributed by atoms with Crippen LogP contribution >= 0.6 is 22.6 Å². The van der Waals surface area contributed by atoms with Crippen LogP contribution in [0.4, 0.5) is 0 Å². The minimum atomic E-state index is -0.407. The van der Waals surface area contributed by atoms with Crippen molar-refractivity contribution in [3.05, 3.63) is 33.3 Å². The summed E-state index contributed by atoms with van der Waals surface area (Å²) in [6.45, 7) is 4.09. The lowest BCUT2D eigenvalue weighted by Crippen LogP contribution is -1.97. The van der Waals surface area contributed by atoms with Gasteiger partial charge in [-0.15, -0.1) is 0 Å². The fourth-order valence-corrected chi connectivity index (χ4v) is 1.83. The summed E-state index contributed by atoms with van der Waals surface area (Å²) in [7, 11) is 0. The predicted octanol–water partition coefficient (Wildman–Crippen LogP) is 3.66. The molecule has 0 aromatic carbocycles. The molecule has 1 atom stereocenters. The van der Waals surface area contributed by atoms with E-state index >= 15 is 0 Å². The lowest BCUT2D eigenvalue weighted by molar-refractivity contribution is 0.166. The molecule has 0 saturated carbocycles. The number of rotatable bonds is 4. The van der Waals surface area contributed by atoms with Crippen LogP contribution in [0.5, 0.6) is 0 Å². The number of furan rings is 1. The zero-order valence-electron chi connectivity index (χ0n) is 8.46. The van der Waals surface area contributed by atoms with Gasteiger partial charge < -0.3 is 9.52 Å². The molecule has 3 heteroatoms. The minimum absolute atomic E-state index is 0.407. The van der Waals surface area contributed by atoms with E-state index in [1.165, 1.54) is 5.57 Å². The predicted molar refractivity (Wildman–Crippen MR) is 65.0 cm³/mol. The van der Waals surface area contributed by atoms with Gasteiger partial charge in [-0.3, -0.25) is 0 Å². The quantitative estimate of drug-likeness (QED) is 0.680. The molecular weight excluding hydrogens is 291 g/mol. The van der Waals surface area contributed by atoms with E-state index in [1.54, 1.807) is 12.5 Å². The van der Waals surface area contributed by atoms with Crippen molar-refractivity contribution >= 4 is 22.6 Å². The van der Waals surface area contributed by atoms with E-state index in [1.807, 2.05) is 6.92 Å². The molecule has 0 aliphatic heterocycles. The molecule has 0 radical (unpaired) electrons. The Hall–Kier alpha value is -0.290. The number of aliphatic hydroxyl groups is 1. The second-order valence-electron chi connectivity index (χ2n) is 3.36. The average molecular weight is 306 g/mol. The summed E-state index contributed by atoms with van der Waals surface area (Å²) in [6, 6.07) is 0. The van der Waals surface area contributed by atoms with E-state index < -0.39 is 6.10 Å². The third kappa shape index (κ3) is 3.13. The van der Waals surface area contributed by atoms with E-state index in [4.69, 9.17) is 4.42 Å². The fourth-order valence-electron chi connectivity index (χ4n) is 1.19. The van der Waals surface area contributed by atoms with Crippen molar-refractivity contribution in [2.24, 2.45) is 0 Å². The van der Waals surface area contributed by atoms with E-state index in [2.05, 4.69) is 35.6 Å². The van der Waals surface area contributed by atoms with Crippen LogP contribution in [0.3, 0.4) is 0 Å². The van der Waals surface area contributed by atoms with Crippen LogP contribution < -0.4 is 0 Å². The normalized spacial score (nSPS) is 14.4. The third-order valence-electron chi connectivity index (χ3n) is 2.31. The molecule has 1 rings (SSSR count). The highest BCUT2D eigenvalue weighted by Gasteiger charge is 2.12. The van der Waals surface area contributed by atoms with Crippen molar-refractivity contribution in [2.75, 3.05) is 0 Å². The third-order valence-corrected chi connectivity index (χ3v) is 3.18. The van der Waals surface area contributed by atoms with Gasteiger partial charge in [-0.05, 0) is 49.3 Å². The molecule has 0 aliphatic carbocycles. The van der Waals surface area contributed by atoms with Crippen molar-refractivity contribution < 1.29 is 9.52 Å². The maximum absolute atomic E-state index is 9.84. The van der Waals surface area contributed by atoms with Gasteiger partial charge in [0.25, 0.3) is 0 Å². The summed E-state index contributed by atoms with van der Waals surface area (Å²) in [5.74, 6) is 0. The molecule has 1 aromatic rings. The molecule has 2 nitrogen and oxygen atoms in total. The Morgan fingerprint density at radius 1 is 1.64 bits per heavy atom. The Morgan fingerprint density at radius 2 is 2.36 bits per heavy atom. The van der Waals surface area contributed by atoms with Gasteiger partial charge in [0.1, 0.15) is 6.26 Å². The van der Waals surface area contributed by atoms with Crippen molar-refractivity contribution in [2.45, 2.75) is 32.8 Å². The number of hydrogen-bond donors (Lipinski definition) is 1. The van der Waals surface area contributed by atoms with Gasteiger partial charge >= 0.3 is 0 Å². The van der Waals surface area contributed by atoms with Crippen LogP contribution in [-0.4, -0.2) is 5.11 Å². The topological polar surface area (TPSA) is 33.4 Å². The molecule has 0 spiro atoms. The lowest BCUT2D eigenvalue weighted by Gasteiger charge is -2.08. The van der Waals surface area contributed by atoms with E-state index in [0.717, 1.165) is 22.0 Å². The summed E-state index contributed by atoms with van der Waals surface area (Å²) in [6.07, 6.45) is 6.63. The average Bonchev–Trinajstić information content (AvgIpc) is 2.60. The highest BCUT2D eigenvalue weighted by molar-refractivity contribution is 14.1. The fraction of sp³-hybridized carbons (Fsp3) is 0.455. The van der Waals surface area contributed by atoms with Crippen LogP contribution in [0, 0.1) is 3.57 Å². The van der Waals surface area contributed by atoms with E-state index in [-0.39, 0.29) is 0 Å². The first-order valence-electron chi connectivity index (χ1n) is 4.66. The highest BCUT2D eigenvalue weighted by atomic mass is 127. The monoisotopic (exact) mass is 306 g/mol. The largest absolute Gasteiger partial charge is 0.471 e.